The van der Waals surface area contributed by atoms with Crippen LogP contribution < -0.4 is 5.32 Å². The number of Topliss-reactive ketones (excluding diaryl/α,β-unsaturated/α-hetero) is 1. The molecule has 1 aromatic carbocycles. The zero-order valence-corrected chi connectivity index (χ0v) is 20.1. The number of allylic oxidation sites excluding steroid dienone is 2. The van der Waals surface area contributed by atoms with Crippen molar-refractivity contribution in [1.82, 2.24) is 5.32 Å². The van der Waals surface area contributed by atoms with Crippen molar-refractivity contribution >= 4 is 11.7 Å². The molecule has 1 aliphatic heterocycles. The van der Waals surface area contributed by atoms with Gasteiger partial charge in [0.05, 0.1) is 23.0 Å². The van der Waals surface area contributed by atoms with Crippen LogP contribution in [0.15, 0.2) is 54.6 Å². The second-order valence-corrected chi connectivity index (χ2v) is 10.9. The van der Waals surface area contributed by atoms with Gasteiger partial charge in [-0.15, -0.1) is 0 Å². The summed E-state index contributed by atoms with van der Waals surface area (Å²) in [5.74, 6) is -1.29. The van der Waals surface area contributed by atoms with Crippen LogP contribution in [0.2, 0.25) is 0 Å². The molecule has 0 radical (unpaired) electrons. The van der Waals surface area contributed by atoms with Gasteiger partial charge in [-0.1, -0.05) is 75.4 Å². The van der Waals surface area contributed by atoms with E-state index in [2.05, 4.69) is 12.2 Å². The van der Waals surface area contributed by atoms with E-state index >= 15 is 0 Å². The first-order valence-electron chi connectivity index (χ1n) is 12.2. The Kier molecular flexibility index (Phi) is 6.41. The van der Waals surface area contributed by atoms with E-state index in [0.29, 0.717) is 19.3 Å². The molecule has 0 aromatic heterocycles. The molecule has 0 bridgehead atoms. The molecular weight excluding hydrogens is 414 g/mol. The summed E-state index contributed by atoms with van der Waals surface area (Å²) in [6.07, 6.45) is 7.72. The van der Waals surface area contributed by atoms with E-state index in [1.807, 2.05) is 56.3 Å². The Morgan fingerprint density at radius 1 is 1.09 bits per heavy atom. The van der Waals surface area contributed by atoms with Gasteiger partial charge >= 0.3 is 0 Å². The lowest BCUT2D eigenvalue weighted by Crippen LogP contribution is -2.60. The van der Waals surface area contributed by atoms with E-state index in [4.69, 9.17) is 0 Å². The molecule has 178 valence electrons. The third kappa shape index (κ3) is 4.10. The number of aliphatic hydroxyl groups excluding tert-OH is 1. The molecule has 2 fully saturated rings. The van der Waals surface area contributed by atoms with Crippen LogP contribution in [-0.2, 0) is 16.0 Å². The summed E-state index contributed by atoms with van der Waals surface area (Å²) in [6.45, 7) is 7.77. The summed E-state index contributed by atoms with van der Waals surface area (Å²) in [6, 6.07) is 9.84. The van der Waals surface area contributed by atoms with Crippen LogP contribution >= 0.6 is 0 Å². The van der Waals surface area contributed by atoms with Gasteiger partial charge in [0.25, 0.3) is 0 Å². The van der Waals surface area contributed by atoms with Crippen molar-refractivity contribution in [2.75, 3.05) is 0 Å². The Morgan fingerprint density at radius 2 is 1.79 bits per heavy atom. The molecule has 1 saturated heterocycles. The van der Waals surface area contributed by atoms with Crippen LogP contribution in [0, 0.1) is 35.0 Å². The Bertz CT molecular complexity index is 952. The Labute approximate surface area is 197 Å². The Balaban J connectivity index is 1.85. The third-order valence-corrected chi connectivity index (χ3v) is 8.37. The second kappa shape index (κ2) is 8.84. The third-order valence-electron chi connectivity index (χ3n) is 8.37. The maximum atomic E-state index is 13.8. The molecule has 1 saturated carbocycles. The fraction of sp³-hybridized carbons (Fsp3) is 0.571. The summed E-state index contributed by atoms with van der Waals surface area (Å²) in [4.78, 5) is 27.4. The molecule has 5 nitrogen and oxygen atoms in total. The molecule has 4 rings (SSSR count). The van der Waals surface area contributed by atoms with Crippen molar-refractivity contribution in [3.05, 3.63) is 60.2 Å². The second-order valence-electron chi connectivity index (χ2n) is 10.9. The zero-order chi connectivity index (χ0) is 24.0. The predicted molar refractivity (Wildman–Crippen MR) is 128 cm³/mol. The lowest BCUT2D eigenvalue weighted by Gasteiger charge is -2.50. The highest BCUT2D eigenvalue weighted by Gasteiger charge is 2.68. The average Bonchev–Trinajstić information content (AvgIpc) is 3.04. The minimum atomic E-state index is -1.29. The minimum absolute atomic E-state index is 0.0108. The van der Waals surface area contributed by atoms with Crippen molar-refractivity contribution in [2.24, 2.45) is 35.0 Å². The smallest absolute Gasteiger partial charge is 0.230 e. The van der Waals surface area contributed by atoms with Crippen LogP contribution in [0.25, 0.3) is 0 Å². The maximum Gasteiger partial charge on any atom is 0.230 e. The van der Waals surface area contributed by atoms with Crippen molar-refractivity contribution in [3.63, 3.8) is 0 Å². The van der Waals surface area contributed by atoms with Gasteiger partial charge < -0.3 is 15.5 Å². The van der Waals surface area contributed by atoms with Gasteiger partial charge in [-0.25, -0.2) is 0 Å². The maximum absolute atomic E-state index is 13.8. The fourth-order valence-electron chi connectivity index (χ4n) is 6.68. The topological polar surface area (TPSA) is 86.6 Å². The highest BCUT2D eigenvalue weighted by molar-refractivity contribution is 5.98. The van der Waals surface area contributed by atoms with E-state index < -0.39 is 23.0 Å². The molecule has 33 heavy (non-hydrogen) atoms. The molecule has 2 aliphatic carbocycles. The highest BCUT2D eigenvalue weighted by Crippen LogP contribution is 2.57. The number of rotatable bonds is 2. The molecule has 1 aromatic rings. The van der Waals surface area contributed by atoms with Gasteiger partial charge in [-0.05, 0) is 43.6 Å². The SMILES string of the molecule is C[C@H]1CC=C[C@H]2C(=O)[C@H](C)[C@@H](C)[C@H]3[C@H](Cc4ccccc4)NC(=O)[C@]32[C@H](O)C=C[C@](C)(O)C1. The molecule has 3 aliphatic rings. The first kappa shape index (κ1) is 23.9. The first-order chi connectivity index (χ1) is 15.6. The van der Waals surface area contributed by atoms with Gasteiger partial charge in [0.1, 0.15) is 5.78 Å². The highest BCUT2D eigenvalue weighted by atomic mass is 16.3. The van der Waals surface area contributed by atoms with Crippen LogP contribution in [-0.4, -0.2) is 39.7 Å². The molecule has 9 atom stereocenters. The molecule has 1 amide bonds. The van der Waals surface area contributed by atoms with Gasteiger partial charge in [0.2, 0.25) is 5.91 Å². The Morgan fingerprint density at radius 3 is 2.48 bits per heavy atom. The lowest BCUT2D eigenvalue weighted by molar-refractivity contribution is -0.158. The van der Waals surface area contributed by atoms with Crippen molar-refractivity contribution in [3.8, 4) is 0 Å². The summed E-state index contributed by atoms with van der Waals surface area (Å²) >= 11 is 0. The van der Waals surface area contributed by atoms with E-state index in [0.717, 1.165) is 5.56 Å². The van der Waals surface area contributed by atoms with E-state index in [1.165, 1.54) is 0 Å². The van der Waals surface area contributed by atoms with Gasteiger partial charge in [-0.2, -0.15) is 0 Å². The summed E-state index contributed by atoms with van der Waals surface area (Å²) < 4.78 is 0. The molecule has 1 heterocycles. The number of benzene rings is 1. The monoisotopic (exact) mass is 451 g/mol. The average molecular weight is 452 g/mol. The van der Waals surface area contributed by atoms with Gasteiger partial charge in [0.15, 0.2) is 0 Å². The minimum Gasteiger partial charge on any atom is -0.388 e. The number of carbonyl (C=O) groups excluding carboxylic acids is 2. The van der Waals surface area contributed by atoms with Crippen LogP contribution in [0.4, 0.5) is 0 Å². The Hall–Kier alpha value is -2.24. The van der Waals surface area contributed by atoms with Gasteiger partial charge in [-0.3, -0.25) is 9.59 Å². The molecular formula is C28H37NO4. The largest absolute Gasteiger partial charge is 0.388 e. The lowest BCUT2D eigenvalue weighted by atomic mass is 9.50. The van der Waals surface area contributed by atoms with E-state index in [9.17, 15) is 19.8 Å². The van der Waals surface area contributed by atoms with Crippen LogP contribution in [0.5, 0.6) is 0 Å². The number of amides is 1. The first-order valence-corrected chi connectivity index (χ1v) is 12.2. The number of ketones is 1. The van der Waals surface area contributed by atoms with Crippen LogP contribution in [0.3, 0.4) is 0 Å². The molecule has 1 spiro atoms. The molecule has 0 unspecified atom stereocenters. The number of carbonyl (C=O) groups is 2. The predicted octanol–water partition coefficient (Wildman–Crippen LogP) is 3.46. The van der Waals surface area contributed by atoms with Crippen molar-refractivity contribution in [1.29, 1.82) is 0 Å². The van der Waals surface area contributed by atoms with Crippen molar-refractivity contribution in [2.45, 2.75) is 64.7 Å². The molecule has 3 N–H and O–H groups in total. The van der Waals surface area contributed by atoms with Gasteiger partial charge in [0, 0.05) is 17.9 Å². The van der Waals surface area contributed by atoms with E-state index in [-0.39, 0.29) is 41.4 Å². The van der Waals surface area contributed by atoms with E-state index in [1.54, 1.807) is 19.1 Å². The quantitative estimate of drug-likeness (QED) is 0.601. The summed E-state index contributed by atoms with van der Waals surface area (Å²) in [7, 11) is 0. The van der Waals surface area contributed by atoms with Crippen molar-refractivity contribution < 1.29 is 19.8 Å². The summed E-state index contributed by atoms with van der Waals surface area (Å²) in [5.41, 5.74) is -1.28. The molecule has 5 heteroatoms. The normalized spacial score (nSPS) is 43.4. The summed E-state index contributed by atoms with van der Waals surface area (Å²) in [5, 5.41) is 25.7. The number of hydrogen-bond acceptors (Lipinski definition) is 4. The number of aliphatic hydroxyl groups is 2. The fourth-order valence-corrected chi connectivity index (χ4v) is 6.68. The number of hydrogen-bond donors (Lipinski definition) is 3. The van der Waals surface area contributed by atoms with Crippen LogP contribution in [0.1, 0.15) is 46.1 Å². The zero-order valence-electron chi connectivity index (χ0n) is 20.1. The number of nitrogens with one attached hydrogen (secondary N) is 1. The standard InChI is InChI=1S/C28H37NO4/c1-17-9-8-12-21-25(31)19(3)18(2)24-22(15-20-10-6-5-7-11-20)29-26(32)28(21,24)23(30)13-14-27(4,33)16-17/h5-8,10-14,17-19,21-24,30,33H,9,15-16H2,1-4H3,(H,29,32)/t17-,18+,19+,21-,22-,23+,24-,27-,28+/m0/s1.